The monoisotopic (exact) mass is 163 g/mol. The second-order valence-corrected chi connectivity index (χ2v) is 2.73. The summed E-state index contributed by atoms with van der Waals surface area (Å²) in [6.07, 6.45) is 4.34. The first-order chi connectivity index (χ1) is 5.67. The molecule has 0 aliphatic carbocycles. The molecule has 0 atom stereocenters. The van der Waals surface area contributed by atoms with Crippen LogP contribution in [0.5, 0.6) is 0 Å². The van der Waals surface area contributed by atoms with E-state index >= 15 is 0 Å². The van der Waals surface area contributed by atoms with Crippen LogP contribution in [0, 0.1) is 0 Å². The maximum absolute atomic E-state index is 4.19. The zero-order valence-electron chi connectivity index (χ0n) is 8.22. The average Bonchev–Trinajstić information content (AvgIpc) is 2.03. The van der Waals surface area contributed by atoms with Crippen LogP contribution in [0.15, 0.2) is 41.6 Å². The Hall–Kier alpha value is -1.11. The van der Waals surface area contributed by atoms with Gasteiger partial charge in [-0.05, 0) is 25.8 Å². The Balaban J connectivity index is 4.95. The van der Waals surface area contributed by atoms with Gasteiger partial charge >= 0.3 is 0 Å². The van der Waals surface area contributed by atoms with Crippen LogP contribution in [0.2, 0.25) is 0 Å². The van der Waals surface area contributed by atoms with Gasteiger partial charge in [-0.3, -0.25) is 4.99 Å². The summed E-state index contributed by atoms with van der Waals surface area (Å²) >= 11 is 0. The van der Waals surface area contributed by atoms with Gasteiger partial charge in [-0.2, -0.15) is 0 Å². The Morgan fingerprint density at radius 3 is 2.17 bits per heavy atom. The highest BCUT2D eigenvalue weighted by Crippen LogP contribution is 2.09. The van der Waals surface area contributed by atoms with Crippen molar-refractivity contribution in [3.63, 3.8) is 0 Å². The molecule has 0 rings (SSSR count). The van der Waals surface area contributed by atoms with Crippen LogP contribution in [0.4, 0.5) is 0 Å². The molecule has 0 aliphatic rings. The molecule has 0 aliphatic heterocycles. The molecular formula is C11H17N. The van der Waals surface area contributed by atoms with Crippen molar-refractivity contribution < 1.29 is 0 Å². The second-order valence-electron chi connectivity index (χ2n) is 2.73. The molecule has 0 aromatic heterocycles. The maximum atomic E-state index is 4.19. The third kappa shape index (κ3) is 2.87. The first-order valence-corrected chi connectivity index (χ1v) is 4.15. The van der Waals surface area contributed by atoms with Crippen LogP contribution in [0.1, 0.15) is 27.2 Å². The molecule has 0 spiro atoms. The normalized spacial score (nSPS) is 10.8. The average molecular weight is 163 g/mol. The van der Waals surface area contributed by atoms with Crippen LogP contribution < -0.4 is 0 Å². The van der Waals surface area contributed by atoms with E-state index in [2.05, 4.69) is 38.9 Å². The summed E-state index contributed by atoms with van der Waals surface area (Å²) < 4.78 is 0. The molecule has 0 fully saturated rings. The van der Waals surface area contributed by atoms with Crippen molar-refractivity contribution in [1.82, 2.24) is 0 Å². The fourth-order valence-electron chi connectivity index (χ4n) is 1.07. The van der Waals surface area contributed by atoms with E-state index in [-0.39, 0.29) is 0 Å². The third-order valence-electron chi connectivity index (χ3n) is 1.64. The predicted molar refractivity (Wildman–Crippen MR) is 56.5 cm³/mol. The van der Waals surface area contributed by atoms with Crippen LogP contribution in [-0.4, -0.2) is 5.71 Å². The van der Waals surface area contributed by atoms with Crippen LogP contribution in [-0.2, 0) is 0 Å². The lowest BCUT2D eigenvalue weighted by atomic mass is 10.0. The largest absolute Gasteiger partial charge is 0.261 e. The predicted octanol–water partition coefficient (Wildman–Crippen LogP) is 3.50. The van der Waals surface area contributed by atoms with Gasteiger partial charge in [0.05, 0.1) is 0 Å². The fraction of sp³-hybridized carbons (Fsp3) is 0.364. The van der Waals surface area contributed by atoms with Gasteiger partial charge in [-0.1, -0.05) is 31.7 Å². The molecule has 0 saturated heterocycles. The van der Waals surface area contributed by atoms with Crippen molar-refractivity contribution >= 4 is 5.71 Å². The molecule has 12 heavy (non-hydrogen) atoms. The van der Waals surface area contributed by atoms with Crippen LogP contribution in [0.3, 0.4) is 0 Å². The van der Waals surface area contributed by atoms with Gasteiger partial charge in [0.25, 0.3) is 0 Å². The fourth-order valence-corrected chi connectivity index (χ4v) is 1.07. The van der Waals surface area contributed by atoms with Gasteiger partial charge in [0, 0.05) is 11.9 Å². The first kappa shape index (κ1) is 10.9. The third-order valence-corrected chi connectivity index (χ3v) is 1.64. The van der Waals surface area contributed by atoms with Crippen LogP contribution in [0.25, 0.3) is 0 Å². The van der Waals surface area contributed by atoms with E-state index in [1.807, 2.05) is 6.08 Å². The molecule has 0 radical (unpaired) electrons. The number of aliphatic imine (C=N–C) groups is 1. The Labute approximate surface area is 75.2 Å². The minimum absolute atomic E-state index is 0.915. The zero-order valence-corrected chi connectivity index (χ0v) is 8.22. The summed E-state index contributed by atoms with van der Waals surface area (Å²) in [5.74, 6) is 0. The molecule has 0 aromatic rings. The number of allylic oxidation sites excluding steroid dienone is 3. The Bertz CT molecular complexity index is 227. The van der Waals surface area contributed by atoms with E-state index in [0.717, 1.165) is 17.7 Å². The first-order valence-electron chi connectivity index (χ1n) is 4.15. The second kappa shape index (κ2) is 5.53. The van der Waals surface area contributed by atoms with Gasteiger partial charge in [0.1, 0.15) is 0 Å². The molecule has 0 aromatic carbocycles. The van der Waals surface area contributed by atoms with Gasteiger partial charge in [-0.15, -0.1) is 0 Å². The number of hydrogen-bond donors (Lipinski definition) is 0. The molecule has 1 heteroatoms. The van der Waals surface area contributed by atoms with Crippen molar-refractivity contribution in [1.29, 1.82) is 0 Å². The van der Waals surface area contributed by atoms with E-state index in [1.54, 1.807) is 6.20 Å². The zero-order chi connectivity index (χ0) is 9.56. The number of nitrogens with zero attached hydrogens (tertiary/aromatic N) is 1. The Kier molecular flexibility index (Phi) is 5.02. The maximum Gasteiger partial charge on any atom is 0.0471 e. The highest BCUT2D eigenvalue weighted by Gasteiger charge is 2.01. The highest BCUT2D eigenvalue weighted by molar-refractivity contribution is 6.03. The summed E-state index contributed by atoms with van der Waals surface area (Å²) in [6, 6.07) is 0. The molecule has 0 saturated carbocycles. The highest BCUT2D eigenvalue weighted by atomic mass is 14.7. The lowest BCUT2D eigenvalue weighted by Crippen LogP contribution is -2.00. The van der Waals surface area contributed by atoms with Gasteiger partial charge in [0.15, 0.2) is 0 Å². The van der Waals surface area contributed by atoms with Crippen molar-refractivity contribution in [3.05, 3.63) is 36.6 Å². The minimum atomic E-state index is 0.915. The lowest BCUT2D eigenvalue weighted by Gasteiger charge is -2.05. The van der Waals surface area contributed by atoms with Crippen molar-refractivity contribution in [3.8, 4) is 0 Å². The molecule has 1 nitrogen and oxygen atoms in total. The van der Waals surface area contributed by atoms with E-state index in [1.165, 1.54) is 5.57 Å². The van der Waals surface area contributed by atoms with E-state index < -0.39 is 0 Å². The van der Waals surface area contributed by atoms with Crippen LogP contribution >= 0.6 is 0 Å². The van der Waals surface area contributed by atoms with Gasteiger partial charge < -0.3 is 0 Å². The van der Waals surface area contributed by atoms with E-state index in [0.29, 0.717) is 0 Å². The molecule has 0 N–H and O–H groups in total. The summed E-state index contributed by atoms with van der Waals surface area (Å²) in [4.78, 5) is 4.19. The lowest BCUT2D eigenvalue weighted by molar-refractivity contribution is 1.24. The molecule has 66 valence electrons. The number of rotatable bonds is 4. The Morgan fingerprint density at radius 2 is 1.92 bits per heavy atom. The van der Waals surface area contributed by atoms with Crippen molar-refractivity contribution in [2.45, 2.75) is 27.2 Å². The topological polar surface area (TPSA) is 12.4 Å². The molecule has 0 bridgehead atoms. The van der Waals surface area contributed by atoms with E-state index in [9.17, 15) is 0 Å². The SMILES string of the molecule is C=CN=C(CC)C(C=C)=C(C)C. The van der Waals surface area contributed by atoms with Gasteiger partial charge in [-0.25, -0.2) is 0 Å². The summed E-state index contributed by atoms with van der Waals surface area (Å²) in [5, 5.41) is 0. The molecular weight excluding hydrogens is 146 g/mol. The minimum Gasteiger partial charge on any atom is -0.261 e. The molecule has 0 unspecified atom stereocenters. The standard InChI is InChI=1S/C11H17N/c1-6-10(9(4)5)11(7-2)12-8-3/h6,8H,1,3,7H2,2,4-5H3. The molecule has 0 heterocycles. The number of hydrogen-bond acceptors (Lipinski definition) is 1. The summed E-state index contributed by atoms with van der Waals surface area (Å²) in [7, 11) is 0. The smallest absolute Gasteiger partial charge is 0.0471 e. The van der Waals surface area contributed by atoms with E-state index in [4.69, 9.17) is 0 Å². The van der Waals surface area contributed by atoms with Crippen molar-refractivity contribution in [2.24, 2.45) is 4.99 Å². The molecule has 0 amide bonds. The van der Waals surface area contributed by atoms with Gasteiger partial charge in [0.2, 0.25) is 0 Å². The quantitative estimate of drug-likeness (QED) is 0.444. The summed E-state index contributed by atoms with van der Waals surface area (Å²) in [5.41, 5.74) is 3.44. The van der Waals surface area contributed by atoms with Crippen molar-refractivity contribution in [2.75, 3.05) is 0 Å². The Morgan fingerprint density at radius 1 is 1.33 bits per heavy atom. The summed E-state index contributed by atoms with van der Waals surface area (Å²) in [6.45, 7) is 13.5.